The van der Waals surface area contributed by atoms with E-state index in [0.29, 0.717) is 12.1 Å². The van der Waals surface area contributed by atoms with Gasteiger partial charge in [-0.15, -0.1) is 0 Å². The predicted octanol–water partition coefficient (Wildman–Crippen LogP) is 2.17. The van der Waals surface area contributed by atoms with E-state index in [4.69, 9.17) is 0 Å². The van der Waals surface area contributed by atoms with E-state index in [2.05, 4.69) is 26.1 Å². The van der Waals surface area contributed by atoms with Crippen molar-refractivity contribution in [2.45, 2.75) is 52.1 Å². The van der Waals surface area contributed by atoms with Gasteiger partial charge >= 0.3 is 0 Å². The summed E-state index contributed by atoms with van der Waals surface area (Å²) < 4.78 is 11.1. The third-order valence-corrected chi connectivity index (χ3v) is 4.66. The smallest absolute Gasteiger partial charge is 0.0383 e. The number of nitrogens with one attached hydrogen (secondary N) is 1. The van der Waals surface area contributed by atoms with Crippen LogP contribution in [0.5, 0.6) is 0 Å². The van der Waals surface area contributed by atoms with Crippen LogP contribution in [0.15, 0.2) is 0 Å². The van der Waals surface area contributed by atoms with Gasteiger partial charge in [0.2, 0.25) is 0 Å². The first-order valence-corrected chi connectivity index (χ1v) is 7.79. The van der Waals surface area contributed by atoms with Crippen LogP contribution in [0.25, 0.3) is 0 Å². The van der Waals surface area contributed by atoms with Crippen molar-refractivity contribution in [3.63, 3.8) is 0 Å². The molecule has 0 aromatic heterocycles. The van der Waals surface area contributed by atoms with E-state index in [1.165, 1.54) is 19.3 Å². The minimum atomic E-state index is -0.682. The monoisotopic (exact) mass is 231 g/mol. The Morgan fingerprint density at radius 2 is 2.07 bits per heavy atom. The van der Waals surface area contributed by atoms with Gasteiger partial charge < -0.3 is 5.32 Å². The summed E-state index contributed by atoms with van der Waals surface area (Å²) in [5.41, 5.74) is 0. The maximum atomic E-state index is 11.1. The van der Waals surface area contributed by atoms with Gasteiger partial charge in [0.25, 0.3) is 0 Å². The summed E-state index contributed by atoms with van der Waals surface area (Å²) in [6.07, 6.45) is 5.77. The Labute approximate surface area is 96.7 Å². The lowest BCUT2D eigenvalue weighted by atomic mass is 9.78. The van der Waals surface area contributed by atoms with E-state index in [0.717, 1.165) is 17.6 Å². The van der Waals surface area contributed by atoms with Crippen LogP contribution in [-0.4, -0.2) is 28.3 Å². The van der Waals surface area contributed by atoms with Gasteiger partial charge in [-0.05, 0) is 25.2 Å². The second-order valence-electron chi connectivity index (χ2n) is 5.18. The molecule has 15 heavy (non-hydrogen) atoms. The molecule has 2 nitrogen and oxygen atoms in total. The Morgan fingerprint density at radius 1 is 1.40 bits per heavy atom. The molecule has 1 rings (SSSR count). The molecule has 5 unspecified atom stereocenters. The molecule has 5 atom stereocenters. The standard InChI is InChI=1S/C12H25NOS/c1-9-6-5-7-12(11(9)3)13-10(2)8-15(4)14/h9-13H,5-8H2,1-4H3. The van der Waals surface area contributed by atoms with Crippen LogP contribution in [0.3, 0.4) is 0 Å². The Hall–Kier alpha value is 0.110. The van der Waals surface area contributed by atoms with E-state index >= 15 is 0 Å². The van der Waals surface area contributed by atoms with E-state index in [-0.39, 0.29) is 0 Å². The summed E-state index contributed by atoms with van der Waals surface area (Å²) in [5, 5.41) is 3.64. The summed E-state index contributed by atoms with van der Waals surface area (Å²) >= 11 is 0. The highest BCUT2D eigenvalue weighted by Gasteiger charge is 2.27. The molecule has 1 N–H and O–H groups in total. The minimum Gasteiger partial charge on any atom is -0.310 e. The van der Waals surface area contributed by atoms with E-state index in [1.807, 2.05) is 0 Å². The highest BCUT2D eigenvalue weighted by Crippen LogP contribution is 2.29. The Balaban J connectivity index is 2.39. The van der Waals surface area contributed by atoms with Gasteiger partial charge in [-0.2, -0.15) is 0 Å². The van der Waals surface area contributed by atoms with Crippen molar-refractivity contribution >= 4 is 10.8 Å². The minimum absolute atomic E-state index is 0.383. The van der Waals surface area contributed by atoms with Gasteiger partial charge in [0, 0.05) is 34.9 Å². The van der Waals surface area contributed by atoms with Gasteiger partial charge in [-0.3, -0.25) is 4.21 Å². The van der Waals surface area contributed by atoms with E-state index < -0.39 is 10.8 Å². The summed E-state index contributed by atoms with van der Waals surface area (Å²) in [7, 11) is -0.682. The topological polar surface area (TPSA) is 29.1 Å². The van der Waals surface area contributed by atoms with Crippen molar-refractivity contribution in [1.82, 2.24) is 5.32 Å². The fourth-order valence-corrected chi connectivity index (χ4v) is 3.38. The number of hydrogen-bond acceptors (Lipinski definition) is 2. The summed E-state index contributed by atoms with van der Waals surface area (Å²) in [6, 6.07) is 1.01. The molecule has 0 radical (unpaired) electrons. The van der Waals surface area contributed by atoms with Crippen LogP contribution in [0, 0.1) is 11.8 Å². The zero-order valence-corrected chi connectivity index (χ0v) is 11.3. The van der Waals surface area contributed by atoms with Gasteiger partial charge in [0.15, 0.2) is 0 Å². The molecular weight excluding hydrogens is 206 g/mol. The normalized spacial score (nSPS) is 36.1. The molecule has 0 amide bonds. The quantitative estimate of drug-likeness (QED) is 0.803. The molecule has 1 saturated carbocycles. The fraction of sp³-hybridized carbons (Fsp3) is 1.00. The van der Waals surface area contributed by atoms with Gasteiger partial charge in [0.05, 0.1) is 0 Å². The molecular formula is C12H25NOS. The van der Waals surface area contributed by atoms with Crippen molar-refractivity contribution in [3.05, 3.63) is 0 Å². The third-order valence-electron chi connectivity index (χ3n) is 3.69. The van der Waals surface area contributed by atoms with Crippen molar-refractivity contribution in [3.8, 4) is 0 Å². The molecule has 90 valence electrons. The lowest BCUT2D eigenvalue weighted by molar-refractivity contribution is 0.199. The SMILES string of the molecule is CC(CS(C)=O)NC1CCCC(C)C1C. The van der Waals surface area contributed by atoms with Gasteiger partial charge in [-0.25, -0.2) is 0 Å². The van der Waals surface area contributed by atoms with Crippen LogP contribution in [0.4, 0.5) is 0 Å². The molecule has 0 heterocycles. The van der Waals surface area contributed by atoms with Crippen LogP contribution >= 0.6 is 0 Å². The molecule has 0 spiro atoms. The molecule has 1 aliphatic rings. The molecule has 1 aliphatic carbocycles. The van der Waals surface area contributed by atoms with Crippen molar-refractivity contribution in [1.29, 1.82) is 0 Å². The zero-order valence-electron chi connectivity index (χ0n) is 10.5. The second-order valence-corrected chi connectivity index (χ2v) is 6.66. The Kier molecular flexibility index (Phi) is 5.27. The average Bonchev–Trinajstić information content (AvgIpc) is 2.11. The first-order valence-electron chi connectivity index (χ1n) is 6.06. The molecule has 3 heteroatoms. The molecule has 1 fully saturated rings. The Bertz CT molecular complexity index is 220. The second kappa shape index (κ2) is 6.00. The molecule has 0 aliphatic heterocycles. The zero-order chi connectivity index (χ0) is 11.4. The van der Waals surface area contributed by atoms with E-state index in [1.54, 1.807) is 6.26 Å². The molecule has 0 saturated heterocycles. The first-order chi connectivity index (χ1) is 7.00. The summed E-state index contributed by atoms with van der Waals surface area (Å²) in [4.78, 5) is 0. The van der Waals surface area contributed by atoms with Crippen molar-refractivity contribution < 1.29 is 4.21 Å². The lowest BCUT2D eigenvalue weighted by Gasteiger charge is -2.36. The molecule has 0 aromatic carbocycles. The lowest BCUT2D eigenvalue weighted by Crippen LogP contribution is -2.46. The summed E-state index contributed by atoms with van der Waals surface area (Å²) in [5.74, 6) is 2.36. The first kappa shape index (κ1) is 13.2. The van der Waals surface area contributed by atoms with Crippen LogP contribution in [0.1, 0.15) is 40.0 Å². The maximum Gasteiger partial charge on any atom is 0.0383 e. The largest absolute Gasteiger partial charge is 0.310 e. The van der Waals surface area contributed by atoms with Crippen LogP contribution in [0.2, 0.25) is 0 Å². The fourth-order valence-electron chi connectivity index (χ4n) is 2.58. The highest BCUT2D eigenvalue weighted by atomic mass is 32.2. The van der Waals surface area contributed by atoms with Crippen molar-refractivity contribution in [2.24, 2.45) is 11.8 Å². The van der Waals surface area contributed by atoms with Crippen LogP contribution in [-0.2, 0) is 10.8 Å². The predicted molar refractivity (Wildman–Crippen MR) is 67.5 cm³/mol. The van der Waals surface area contributed by atoms with E-state index in [9.17, 15) is 4.21 Å². The molecule has 0 bridgehead atoms. The molecule has 0 aromatic rings. The van der Waals surface area contributed by atoms with Crippen LogP contribution < -0.4 is 5.32 Å². The average molecular weight is 231 g/mol. The van der Waals surface area contributed by atoms with Gasteiger partial charge in [-0.1, -0.05) is 26.7 Å². The number of hydrogen-bond donors (Lipinski definition) is 1. The Morgan fingerprint density at radius 3 is 2.67 bits per heavy atom. The summed E-state index contributed by atoms with van der Waals surface area (Å²) in [6.45, 7) is 6.84. The maximum absolute atomic E-state index is 11.1. The highest BCUT2D eigenvalue weighted by molar-refractivity contribution is 7.84. The van der Waals surface area contributed by atoms with Crippen molar-refractivity contribution in [2.75, 3.05) is 12.0 Å². The third kappa shape index (κ3) is 4.23. The number of rotatable bonds is 4. The van der Waals surface area contributed by atoms with Gasteiger partial charge in [0.1, 0.15) is 0 Å².